The summed E-state index contributed by atoms with van der Waals surface area (Å²) in [7, 11) is 0. The lowest BCUT2D eigenvalue weighted by Gasteiger charge is -2.21. The molecular weight excluding hydrogens is 352 g/mol. The fourth-order valence-corrected chi connectivity index (χ4v) is 2.86. The van der Waals surface area contributed by atoms with Crippen LogP contribution in [0.2, 0.25) is 0 Å². The van der Waals surface area contributed by atoms with E-state index in [2.05, 4.69) is 32.1 Å². The Morgan fingerprint density at radius 2 is 1.89 bits per heavy atom. The second-order valence-corrected chi connectivity index (χ2v) is 7.81. The van der Waals surface area contributed by atoms with Gasteiger partial charge in [-0.25, -0.2) is 9.67 Å². The van der Waals surface area contributed by atoms with Crippen LogP contribution in [-0.4, -0.2) is 40.3 Å². The van der Waals surface area contributed by atoms with Crippen molar-refractivity contribution >= 4 is 11.9 Å². The van der Waals surface area contributed by atoms with Crippen molar-refractivity contribution in [1.29, 1.82) is 0 Å². The predicted molar refractivity (Wildman–Crippen MR) is 114 cm³/mol. The van der Waals surface area contributed by atoms with Crippen LogP contribution in [0.15, 0.2) is 35.3 Å². The fraction of sp³-hybridized carbons (Fsp3) is 0.476. The van der Waals surface area contributed by atoms with E-state index in [1.165, 1.54) is 0 Å². The standard InChI is InChI=1S/C21H32N6O/c1-7-22-20(24-14-19(28)25-21(4,5)6)23-13-17-10-8-9-11-18(17)27-16(3)12-15(2)26-27/h8-12H,7,13-14H2,1-6H3,(H,25,28)(H2,22,23,24). The zero-order valence-corrected chi connectivity index (χ0v) is 17.8. The van der Waals surface area contributed by atoms with Crippen molar-refractivity contribution in [2.24, 2.45) is 4.99 Å². The quantitative estimate of drug-likeness (QED) is 0.528. The normalized spacial score (nSPS) is 12.0. The van der Waals surface area contributed by atoms with Gasteiger partial charge in [-0.15, -0.1) is 0 Å². The van der Waals surface area contributed by atoms with E-state index in [1.54, 1.807) is 0 Å². The Bertz CT molecular complexity index is 832. The largest absolute Gasteiger partial charge is 0.357 e. The average Bonchev–Trinajstić information content (AvgIpc) is 2.94. The minimum atomic E-state index is -0.257. The summed E-state index contributed by atoms with van der Waals surface area (Å²) in [5.74, 6) is 0.538. The molecule has 2 aromatic rings. The molecule has 0 spiro atoms. The van der Waals surface area contributed by atoms with Crippen molar-refractivity contribution in [1.82, 2.24) is 25.7 Å². The van der Waals surface area contributed by atoms with E-state index < -0.39 is 0 Å². The van der Waals surface area contributed by atoms with Gasteiger partial charge >= 0.3 is 0 Å². The van der Waals surface area contributed by atoms with Gasteiger partial charge in [0.05, 0.1) is 24.5 Å². The van der Waals surface area contributed by atoms with Crippen LogP contribution in [0.4, 0.5) is 0 Å². The molecule has 0 unspecified atom stereocenters. The number of hydrogen-bond acceptors (Lipinski definition) is 3. The predicted octanol–water partition coefficient (Wildman–Crippen LogP) is 2.46. The highest BCUT2D eigenvalue weighted by atomic mass is 16.2. The molecule has 0 radical (unpaired) electrons. The first-order valence-electron chi connectivity index (χ1n) is 9.64. The Balaban J connectivity index is 2.13. The Labute approximate surface area is 167 Å². The second-order valence-electron chi connectivity index (χ2n) is 7.81. The molecular formula is C21H32N6O. The van der Waals surface area contributed by atoms with Crippen LogP contribution in [0.25, 0.3) is 5.69 Å². The Morgan fingerprint density at radius 3 is 2.50 bits per heavy atom. The molecule has 0 fully saturated rings. The molecule has 0 aliphatic carbocycles. The van der Waals surface area contributed by atoms with Crippen molar-refractivity contribution in [3.05, 3.63) is 47.3 Å². The SMILES string of the molecule is CCNC(=NCc1ccccc1-n1nc(C)cc1C)NCC(=O)NC(C)(C)C. The Morgan fingerprint density at radius 1 is 1.18 bits per heavy atom. The summed E-state index contributed by atoms with van der Waals surface area (Å²) >= 11 is 0. The van der Waals surface area contributed by atoms with E-state index in [1.807, 2.05) is 70.5 Å². The number of carbonyl (C=O) groups excluding carboxylic acids is 1. The third-order valence-electron chi connectivity index (χ3n) is 3.91. The minimum absolute atomic E-state index is 0.0684. The molecule has 0 saturated carbocycles. The van der Waals surface area contributed by atoms with Crippen LogP contribution in [-0.2, 0) is 11.3 Å². The molecule has 2 rings (SSSR count). The number of guanidine groups is 1. The fourth-order valence-electron chi connectivity index (χ4n) is 2.86. The highest BCUT2D eigenvalue weighted by Crippen LogP contribution is 2.17. The third kappa shape index (κ3) is 6.40. The van der Waals surface area contributed by atoms with Gasteiger partial charge in [0.15, 0.2) is 5.96 Å². The smallest absolute Gasteiger partial charge is 0.239 e. The molecule has 0 bridgehead atoms. The van der Waals surface area contributed by atoms with Gasteiger partial charge in [-0.05, 0) is 59.2 Å². The molecule has 28 heavy (non-hydrogen) atoms. The number of nitrogens with zero attached hydrogens (tertiary/aromatic N) is 3. The minimum Gasteiger partial charge on any atom is -0.357 e. The summed E-state index contributed by atoms with van der Waals surface area (Å²) in [5.41, 5.74) is 3.88. The number of carbonyl (C=O) groups is 1. The first-order chi connectivity index (χ1) is 13.2. The van der Waals surface area contributed by atoms with E-state index in [0.717, 1.165) is 22.6 Å². The van der Waals surface area contributed by atoms with Gasteiger partial charge in [0.1, 0.15) is 0 Å². The van der Waals surface area contributed by atoms with E-state index in [4.69, 9.17) is 0 Å². The number of nitrogens with one attached hydrogen (secondary N) is 3. The number of para-hydroxylation sites is 1. The van der Waals surface area contributed by atoms with Crippen molar-refractivity contribution in [3.63, 3.8) is 0 Å². The number of benzene rings is 1. The molecule has 152 valence electrons. The summed E-state index contributed by atoms with van der Waals surface area (Å²) in [6, 6.07) is 10.1. The molecule has 0 atom stereocenters. The van der Waals surface area contributed by atoms with E-state index in [9.17, 15) is 4.79 Å². The maximum Gasteiger partial charge on any atom is 0.239 e. The summed E-state index contributed by atoms with van der Waals surface area (Å²) in [4.78, 5) is 16.7. The summed E-state index contributed by atoms with van der Waals surface area (Å²) < 4.78 is 1.94. The molecule has 1 aromatic heterocycles. The summed E-state index contributed by atoms with van der Waals surface area (Å²) in [6.07, 6.45) is 0. The van der Waals surface area contributed by atoms with E-state index in [-0.39, 0.29) is 18.0 Å². The maximum absolute atomic E-state index is 12.1. The number of hydrogen-bond donors (Lipinski definition) is 3. The zero-order valence-electron chi connectivity index (χ0n) is 17.8. The molecule has 3 N–H and O–H groups in total. The molecule has 1 heterocycles. The molecule has 7 nitrogen and oxygen atoms in total. The highest BCUT2D eigenvalue weighted by molar-refractivity contribution is 5.86. The van der Waals surface area contributed by atoms with Gasteiger partial charge in [0.25, 0.3) is 0 Å². The van der Waals surface area contributed by atoms with Crippen LogP contribution in [0.3, 0.4) is 0 Å². The van der Waals surface area contributed by atoms with Gasteiger partial charge in [-0.1, -0.05) is 18.2 Å². The molecule has 1 aromatic carbocycles. The number of aryl methyl sites for hydroxylation is 2. The molecule has 1 amide bonds. The highest BCUT2D eigenvalue weighted by Gasteiger charge is 2.14. The van der Waals surface area contributed by atoms with Crippen molar-refractivity contribution in [2.45, 2.75) is 53.6 Å². The monoisotopic (exact) mass is 384 g/mol. The Hall–Kier alpha value is -2.83. The first-order valence-corrected chi connectivity index (χ1v) is 9.64. The van der Waals surface area contributed by atoms with Crippen LogP contribution in [0.1, 0.15) is 44.6 Å². The average molecular weight is 385 g/mol. The van der Waals surface area contributed by atoms with Crippen molar-refractivity contribution < 1.29 is 4.79 Å². The maximum atomic E-state index is 12.1. The van der Waals surface area contributed by atoms with Crippen LogP contribution in [0.5, 0.6) is 0 Å². The molecule has 0 saturated heterocycles. The lowest BCUT2D eigenvalue weighted by Crippen LogP contribution is -2.48. The number of aromatic nitrogens is 2. The number of rotatable bonds is 6. The lowest BCUT2D eigenvalue weighted by atomic mass is 10.1. The van der Waals surface area contributed by atoms with Crippen molar-refractivity contribution in [2.75, 3.05) is 13.1 Å². The third-order valence-corrected chi connectivity index (χ3v) is 3.91. The van der Waals surface area contributed by atoms with Gasteiger partial charge in [0, 0.05) is 17.8 Å². The van der Waals surface area contributed by atoms with Gasteiger partial charge in [-0.3, -0.25) is 4.79 Å². The van der Waals surface area contributed by atoms with E-state index in [0.29, 0.717) is 19.0 Å². The van der Waals surface area contributed by atoms with Gasteiger partial charge in [0.2, 0.25) is 5.91 Å². The molecule has 0 aliphatic heterocycles. The number of aliphatic imine (C=N–C) groups is 1. The topological polar surface area (TPSA) is 83.3 Å². The second kappa shape index (κ2) is 9.39. The van der Waals surface area contributed by atoms with Crippen molar-refractivity contribution in [3.8, 4) is 5.69 Å². The van der Waals surface area contributed by atoms with Crippen LogP contribution < -0.4 is 16.0 Å². The van der Waals surface area contributed by atoms with Gasteiger partial charge in [-0.2, -0.15) is 5.10 Å². The molecule has 7 heteroatoms. The van der Waals surface area contributed by atoms with Crippen LogP contribution >= 0.6 is 0 Å². The summed E-state index contributed by atoms with van der Waals surface area (Å²) in [5, 5.41) is 13.8. The number of amides is 1. The Kier molecular flexibility index (Phi) is 7.20. The van der Waals surface area contributed by atoms with Gasteiger partial charge < -0.3 is 16.0 Å². The van der Waals surface area contributed by atoms with Crippen LogP contribution in [0, 0.1) is 13.8 Å². The zero-order chi connectivity index (χ0) is 20.7. The summed E-state index contributed by atoms with van der Waals surface area (Å²) in [6.45, 7) is 13.3. The van der Waals surface area contributed by atoms with E-state index >= 15 is 0 Å². The first kappa shape index (κ1) is 21.5. The lowest BCUT2D eigenvalue weighted by molar-refractivity contribution is -0.121. The molecule has 0 aliphatic rings.